The van der Waals surface area contributed by atoms with Gasteiger partial charge in [0.25, 0.3) is 5.91 Å². The van der Waals surface area contributed by atoms with Crippen LogP contribution in [0.4, 0.5) is 0 Å². The topological polar surface area (TPSA) is 74.6 Å². The van der Waals surface area contributed by atoms with Crippen LogP contribution in [0.1, 0.15) is 68.6 Å². The van der Waals surface area contributed by atoms with Crippen molar-refractivity contribution in [1.82, 2.24) is 14.8 Å². The molecule has 0 aromatic carbocycles. The maximum Gasteiger partial charge on any atom is 0.252 e. The lowest BCUT2D eigenvalue weighted by molar-refractivity contribution is -0.147. The molecule has 6 heteroatoms. The number of fused-ring (bicyclic) bond motifs is 1. The lowest BCUT2D eigenvalue weighted by Crippen LogP contribution is -2.70. The molecule has 9 atom stereocenters. The number of carbonyl (C=O) groups excluding carboxylic acids is 1. The number of rotatable bonds is 4. The maximum atomic E-state index is 13.2. The molecule has 7 aliphatic rings. The molecule has 8 unspecified atom stereocenters. The van der Waals surface area contributed by atoms with E-state index in [-0.39, 0.29) is 22.3 Å². The first-order chi connectivity index (χ1) is 18.3. The average molecular weight is 516 g/mol. The van der Waals surface area contributed by atoms with Crippen LogP contribution in [0.25, 0.3) is 0 Å². The van der Waals surface area contributed by atoms with Gasteiger partial charge in [-0.2, -0.15) is 0 Å². The highest BCUT2D eigenvalue weighted by Crippen LogP contribution is 2.86. The molecule has 2 N–H and O–H groups in total. The standard InChI is InChI=1S/C32H41N3O3/c1-19-10-11-31-14-22(15-33-28(38)21-7-9-26(37)34(2)16-21)27(19)32(31)17-30(13-20-6-8-24(36)12-25(20)32)18-35(29(30)31)23-4-3-5-23/h6-9,12,16,19-20,22-23,25,27,29,36H,3-5,10-11,13-15,17-18H2,1-2H3,(H,33,38)/t19?,20?,22-,25?,27?,29?,30?,31?,32?/m1/s1. The number of allylic oxidation sites excluding steroid dienone is 3. The third kappa shape index (κ3) is 2.73. The summed E-state index contributed by atoms with van der Waals surface area (Å²) in [5.74, 6) is 2.94. The number of nitrogens with zero attached hydrogens (tertiary/aromatic N) is 2. The fourth-order valence-electron chi connectivity index (χ4n) is 11.9. The molecule has 8 rings (SSSR count). The molecule has 1 amide bonds. The van der Waals surface area contributed by atoms with Gasteiger partial charge in [-0.1, -0.05) is 19.4 Å². The SMILES string of the molecule is CC1CCC23C[C@H](CNC(=O)c4ccc(=O)n(C)c4)C1C21CC2(CC4C=CC(O)=CC41)CN(C1CCC1)C23. The second-order valence-corrected chi connectivity index (χ2v) is 14.3. The van der Waals surface area contributed by atoms with Gasteiger partial charge < -0.3 is 15.0 Å². The number of nitrogens with one attached hydrogen (secondary N) is 1. The molecule has 2 heterocycles. The summed E-state index contributed by atoms with van der Waals surface area (Å²) in [5, 5.41) is 14.1. The van der Waals surface area contributed by atoms with Crippen molar-refractivity contribution in [1.29, 1.82) is 0 Å². The molecular weight excluding hydrogens is 474 g/mol. The van der Waals surface area contributed by atoms with Crippen LogP contribution in [0, 0.1) is 45.8 Å². The number of hydrogen-bond donors (Lipinski definition) is 2. The Balaban J connectivity index is 1.17. The summed E-state index contributed by atoms with van der Waals surface area (Å²) in [4.78, 5) is 28.0. The third-order valence-electron chi connectivity index (χ3n) is 12.9. The fraction of sp³-hybridized carbons (Fsp3) is 0.688. The van der Waals surface area contributed by atoms with Crippen molar-refractivity contribution in [2.75, 3.05) is 13.1 Å². The number of aryl methyl sites for hydroxylation is 1. The van der Waals surface area contributed by atoms with Crippen molar-refractivity contribution in [3.8, 4) is 0 Å². The number of carbonyl (C=O) groups is 1. The summed E-state index contributed by atoms with van der Waals surface area (Å²) in [5.41, 5.74) is 1.38. The first-order valence-corrected chi connectivity index (χ1v) is 15.1. The molecule has 2 spiro atoms. The van der Waals surface area contributed by atoms with Crippen molar-refractivity contribution in [2.45, 2.75) is 70.4 Å². The number of hydrogen-bond acceptors (Lipinski definition) is 4. The van der Waals surface area contributed by atoms with Gasteiger partial charge in [-0.05, 0) is 104 Å². The molecule has 1 aromatic heterocycles. The van der Waals surface area contributed by atoms with Gasteiger partial charge in [0, 0.05) is 49.9 Å². The molecule has 1 aromatic rings. The lowest BCUT2D eigenvalue weighted by atomic mass is 9.46. The molecule has 1 saturated heterocycles. The lowest BCUT2D eigenvalue weighted by Gasteiger charge is -2.64. The molecule has 0 radical (unpaired) electrons. The van der Waals surface area contributed by atoms with Gasteiger partial charge in [-0.15, -0.1) is 0 Å². The molecule has 6 aliphatic carbocycles. The van der Waals surface area contributed by atoms with Crippen molar-refractivity contribution < 1.29 is 9.90 Å². The van der Waals surface area contributed by atoms with E-state index in [0.29, 0.717) is 58.9 Å². The Morgan fingerprint density at radius 3 is 2.82 bits per heavy atom. The van der Waals surface area contributed by atoms with Gasteiger partial charge in [0.2, 0.25) is 5.56 Å². The van der Waals surface area contributed by atoms with Crippen LogP contribution in [0.3, 0.4) is 0 Å². The Morgan fingerprint density at radius 2 is 2.05 bits per heavy atom. The van der Waals surface area contributed by atoms with Crippen LogP contribution in [0.15, 0.2) is 47.1 Å². The van der Waals surface area contributed by atoms with Gasteiger partial charge in [0.15, 0.2) is 0 Å². The molecule has 6 nitrogen and oxygen atoms in total. The minimum atomic E-state index is -0.101. The number of aliphatic hydroxyl groups is 1. The number of amides is 1. The highest BCUT2D eigenvalue weighted by molar-refractivity contribution is 5.93. The highest BCUT2D eigenvalue weighted by Gasteiger charge is 2.84. The first-order valence-electron chi connectivity index (χ1n) is 15.1. The van der Waals surface area contributed by atoms with E-state index in [1.54, 1.807) is 19.3 Å². The smallest absolute Gasteiger partial charge is 0.252 e. The second kappa shape index (κ2) is 7.65. The Kier molecular flexibility index (Phi) is 4.74. The maximum absolute atomic E-state index is 13.2. The van der Waals surface area contributed by atoms with Gasteiger partial charge in [0.1, 0.15) is 5.76 Å². The van der Waals surface area contributed by atoms with Crippen molar-refractivity contribution in [3.63, 3.8) is 0 Å². The van der Waals surface area contributed by atoms with Crippen LogP contribution in [-0.4, -0.2) is 45.7 Å². The number of aliphatic hydroxyl groups excluding tert-OH is 1. The summed E-state index contributed by atoms with van der Waals surface area (Å²) in [6.45, 7) is 4.46. The summed E-state index contributed by atoms with van der Waals surface area (Å²) in [6, 6.07) is 4.57. The zero-order valence-corrected chi connectivity index (χ0v) is 22.7. The minimum Gasteiger partial charge on any atom is -0.508 e. The Morgan fingerprint density at radius 1 is 1.21 bits per heavy atom. The zero-order chi connectivity index (χ0) is 26.0. The molecule has 38 heavy (non-hydrogen) atoms. The van der Waals surface area contributed by atoms with Crippen molar-refractivity contribution in [3.05, 3.63) is 58.2 Å². The van der Waals surface area contributed by atoms with E-state index in [2.05, 4.69) is 29.3 Å². The van der Waals surface area contributed by atoms with E-state index in [0.717, 1.165) is 6.04 Å². The quantitative estimate of drug-likeness (QED) is 0.622. The van der Waals surface area contributed by atoms with Gasteiger partial charge in [0.05, 0.1) is 5.56 Å². The number of likely N-dealkylation sites (tertiary alicyclic amines) is 1. The third-order valence-corrected chi connectivity index (χ3v) is 12.9. The second-order valence-electron chi connectivity index (χ2n) is 14.3. The summed E-state index contributed by atoms with van der Waals surface area (Å²) in [6.07, 6.45) is 18.7. The van der Waals surface area contributed by atoms with E-state index in [1.807, 2.05) is 6.08 Å². The Bertz CT molecular complexity index is 1330. The van der Waals surface area contributed by atoms with Crippen LogP contribution in [-0.2, 0) is 7.05 Å². The summed E-state index contributed by atoms with van der Waals surface area (Å²) in [7, 11) is 1.69. The van der Waals surface area contributed by atoms with Crippen LogP contribution in [0.2, 0.25) is 0 Å². The molecule has 5 saturated carbocycles. The summed E-state index contributed by atoms with van der Waals surface area (Å²) >= 11 is 0. The average Bonchev–Trinajstić information content (AvgIpc) is 3.10. The van der Waals surface area contributed by atoms with E-state index in [9.17, 15) is 14.7 Å². The van der Waals surface area contributed by atoms with Gasteiger partial charge in [-0.3, -0.25) is 14.5 Å². The summed E-state index contributed by atoms with van der Waals surface area (Å²) < 4.78 is 1.48. The zero-order valence-electron chi connectivity index (χ0n) is 22.7. The molecular formula is C32H41N3O3. The normalized spacial score (nSPS) is 46.3. The molecule has 4 bridgehead atoms. The largest absolute Gasteiger partial charge is 0.508 e. The van der Waals surface area contributed by atoms with E-state index < -0.39 is 0 Å². The Hall–Kier alpha value is -2.34. The predicted octanol–water partition coefficient (Wildman–Crippen LogP) is 4.43. The van der Waals surface area contributed by atoms with E-state index in [4.69, 9.17) is 0 Å². The van der Waals surface area contributed by atoms with E-state index in [1.165, 1.54) is 68.5 Å². The van der Waals surface area contributed by atoms with E-state index >= 15 is 0 Å². The number of aromatic nitrogens is 1. The highest BCUT2D eigenvalue weighted by atomic mass is 16.3. The first kappa shape index (κ1) is 23.5. The minimum absolute atomic E-state index is 0.0800. The number of pyridine rings is 1. The van der Waals surface area contributed by atoms with Gasteiger partial charge >= 0.3 is 0 Å². The van der Waals surface area contributed by atoms with Gasteiger partial charge in [-0.25, -0.2) is 0 Å². The van der Waals surface area contributed by atoms with Crippen LogP contribution in [0.5, 0.6) is 0 Å². The fourth-order valence-corrected chi connectivity index (χ4v) is 11.9. The molecule has 202 valence electrons. The van der Waals surface area contributed by atoms with Crippen LogP contribution < -0.4 is 10.9 Å². The van der Waals surface area contributed by atoms with Crippen LogP contribution >= 0.6 is 0 Å². The molecule has 6 fully saturated rings. The Labute approximate surface area is 225 Å². The predicted molar refractivity (Wildman–Crippen MR) is 146 cm³/mol. The molecule has 1 aliphatic heterocycles. The van der Waals surface area contributed by atoms with Crippen molar-refractivity contribution >= 4 is 5.91 Å². The monoisotopic (exact) mass is 515 g/mol. The van der Waals surface area contributed by atoms with Crippen molar-refractivity contribution in [2.24, 2.45) is 52.9 Å².